The van der Waals surface area contributed by atoms with E-state index < -0.39 is 17.9 Å². The van der Waals surface area contributed by atoms with Crippen molar-refractivity contribution in [1.82, 2.24) is 10.3 Å². The van der Waals surface area contributed by atoms with Crippen LogP contribution in [0.1, 0.15) is 27.8 Å². The van der Waals surface area contributed by atoms with E-state index in [4.69, 9.17) is 0 Å². The van der Waals surface area contributed by atoms with Crippen LogP contribution < -0.4 is 5.32 Å². The Hall–Kier alpha value is -2.19. The Morgan fingerprint density at radius 3 is 2.50 bits per heavy atom. The number of thiazole rings is 1. The molecule has 126 valence electrons. The molecule has 0 aliphatic carbocycles. The van der Waals surface area contributed by atoms with Crippen LogP contribution in [-0.4, -0.2) is 41.5 Å². The molecule has 1 N–H and O–H groups in total. The van der Waals surface area contributed by atoms with Crippen molar-refractivity contribution in [2.24, 2.45) is 0 Å². The first-order valence-electron chi connectivity index (χ1n) is 7.02. The average molecular weight is 364 g/mol. The topological polar surface area (TPSA) is 85.4 Å². The lowest BCUT2D eigenvalue weighted by atomic mass is 10.1. The Labute approximate surface area is 148 Å². The lowest BCUT2D eigenvalue weighted by Crippen LogP contribution is -2.43. The summed E-state index contributed by atoms with van der Waals surface area (Å²) in [5.74, 6) is -0.917. The van der Waals surface area contributed by atoms with E-state index in [9.17, 15) is 14.4 Å². The number of amides is 1. The SMILES string of the molecule is COC(=O)C(CS)NC(=O)c1csc(-c2ccc(C(C)=O)cc2)n1. The van der Waals surface area contributed by atoms with Crippen molar-refractivity contribution in [2.45, 2.75) is 13.0 Å². The number of hydrogen-bond donors (Lipinski definition) is 2. The van der Waals surface area contributed by atoms with Crippen molar-refractivity contribution in [3.8, 4) is 10.6 Å². The number of carbonyl (C=O) groups is 3. The van der Waals surface area contributed by atoms with Crippen molar-refractivity contribution in [1.29, 1.82) is 0 Å². The molecule has 1 atom stereocenters. The van der Waals surface area contributed by atoms with Crippen molar-refractivity contribution in [2.75, 3.05) is 12.9 Å². The standard InChI is InChI=1S/C16H16N2O4S2/c1-9(19)10-3-5-11(6-4-10)15-18-13(8-24-15)14(20)17-12(7-23)16(21)22-2/h3-6,8,12,23H,7H2,1-2H3,(H,17,20). The smallest absolute Gasteiger partial charge is 0.329 e. The molecule has 0 aliphatic heterocycles. The molecule has 0 radical (unpaired) electrons. The van der Waals surface area contributed by atoms with Gasteiger partial charge < -0.3 is 10.1 Å². The highest BCUT2D eigenvalue weighted by molar-refractivity contribution is 7.80. The monoisotopic (exact) mass is 364 g/mol. The molecule has 24 heavy (non-hydrogen) atoms. The first-order valence-corrected chi connectivity index (χ1v) is 8.54. The first-order chi connectivity index (χ1) is 11.5. The minimum atomic E-state index is -0.828. The van der Waals surface area contributed by atoms with E-state index in [2.05, 4.69) is 27.7 Å². The predicted molar refractivity (Wildman–Crippen MR) is 94.7 cm³/mol. The lowest BCUT2D eigenvalue weighted by Gasteiger charge is -2.12. The molecule has 1 unspecified atom stereocenters. The van der Waals surface area contributed by atoms with E-state index in [1.165, 1.54) is 25.4 Å². The van der Waals surface area contributed by atoms with Crippen LogP contribution in [-0.2, 0) is 9.53 Å². The second-order valence-electron chi connectivity index (χ2n) is 4.90. The van der Waals surface area contributed by atoms with Crippen molar-refractivity contribution in [3.05, 3.63) is 40.9 Å². The third-order valence-corrected chi connectivity index (χ3v) is 4.51. The van der Waals surface area contributed by atoms with Crippen LogP contribution in [0, 0.1) is 0 Å². The van der Waals surface area contributed by atoms with E-state index in [1.54, 1.807) is 29.6 Å². The van der Waals surface area contributed by atoms with Gasteiger partial charge in [-0.3, -0.25) is 9.59 Å². The van der Waals surface area contributed by atoms with Crippen LogP contribution >= 0.6 is 24.0 Å². The van der Waals surface area contributed by atoms with E-state index >= 15 is 0 Å². The van der Waals surface area contributed by atoms with E-state index in [-0.39, 0.29) is 17.2 Å². The van der Waals surface area contributed by atoms with Crippen LogP contribution in [0.2, 0.25) is 0 Å². The van der Waals surface area contributed by atoms with Crippen molar-refractivity contribution in [3.63, 3.8) is 0 Å². The summed E-state index contributed by atoms with van der Waals surface area (Å²) >= 11 is 5.33. The fourth-order valence-corrected chi connectivity index (χ4v) is 2.96. The van der Waals surface area contributed by atoms with Gasteiger partial charge in [-0.2, -0.15) is 12.6 Å². The zero-order chi connectivity index (χ0) is 17.7. The molecule has 0 aliphatic rings. The average Bonchev–Trinajstić information content (AvgIpc) is 3.09. The highest BCUT2D eigenvalue weighted by Crippen LogP contribution is 2.24. The van der Waals surface area contributed by atoms with Gasteiger partial charge in [-0.25, -0.2) is 9.78 Å². The molecular weight excluding hydrogens is 348 g/mol. The minimum Gasteiger partial charge on any atom is -0.467 e. The number of Topliss-reactive ketones (excluding diaryl/α,β-unsaturated/α-hetero) is 1. The summed E-state index contributed by atoms with van der Waals surface area (Å²) < 4.78 is 4.60. The van der Waals surface area contributed by atoms with E-state index in [0.717, 1.165) is 5.56 Å². The van der Waals surface area contributed by atoms with Gasteiger partial charge >= 0.3 is 5.97 Å². The molecule has 6 nitrogen and oxygen atoms in total. The number of methoxy groups -OCH3 is 1. The summed E-state index contributed by atoms with van der Waals surface area (Å²) in [7, 11) is 1.25. The maximum atomic E-state index is 12.2. The number of thiol groups is 1. The highest BCUT2D eigenvalue weighted by Gasteiger charge is 2.22. The van der Waals surface area contributed by atoms with Crippen LogP contribution in [0.5, 0.6) is 0 Å². The van der Waals surface area contributed by atoms with Gasteiger partial charge in [-0.1, -0.05) is 24.3 Å². The fourth-order valence-electron chi connectivity index (χ4n) is 1.91. The second-order valence-corrected chi connectivity index (χ2v) is 6.13. The summed E-state index contributed by atoms with van der Waals surface area (Å²) in [5, 5.41) is 4.79. The Balaban J connectivity index is 2.13. The molecule has 1 aromatic carbocycles. The molecule has 1 heterocycles. The predicted octanol–water partition coefficient (Wildman–Crippen LogP) is 2.21. The van der Waals surface area contributed by atoms with E-state index in [0.29, 0.717) is 10.6 Å². The molecule has 0 saturated carbocycles. The number of esters is 1. The second kappa shape index (κ2) is 8.07. The molecule has 0 spiro atoms. The minimum absolute atomic E-state index is 0.0126. The first kappa shape index (κ1) is 18.2. The molecule has 0 saturated heterocycles. The van der Waals surface area contributed by atoms with Gasteiger partial charge in [-0.05, 0) is 6.92 Å². The van der Waals surface area contributed by atoms with Gasteiger partial charge in [0.15, 0.2) is 5.78 Å². The van der Waals surface area contributed by atoms with Gasteiger partial charge in [-0.15, -0.1) is 11.3 Å². The van der Waals surface area contributed by atoms with Crippen LogP contribution in [0.3, 0.4) is 0 Å². The van der Waals surface area contributed by atoms with Gasteiger partial charge in [0.25, 0.3) is 5.91 Å². The summed E-state index contributed by atoms with van der Waals surface area (Å²) in [4.78, 5) is 39.2. The summed E-state index contributed by atoms with van der Waals surface area (Å²) in [6, 6.07) is 6.16. The third kappa shape index (κ3) is 4.21. The van der Waals surface area contributed by atoms with Crippen molar-refractivity contribution < 1.29 is 19.1 Å². The van der Waals surface area contributed by atoms with E-state index in [1.807, 2.05) is 0 Å². The number of nitrogens with zero attached hydrogens (tertiary/aromatic N) is 1. The van der Waals surface area contributed by atoms with Crippen LogP contribution in [0.4, 0.5) is 0 Å². The van der Waals surface area contributed by atoms with Crippen LogP contribution in [0.15, 0.2) is 29.6 Å². The fraction of sp³-hybridized carbons (Fsp3) is 0.250. The highest BCUT2D eigenvalue weighted by atomic mass is 32.1. The Morgan fingerprint density at radius 2 is 1.96 bits per heavy atom. The molecule has 1 amide bonds. The van der Waals surface area contributed by atoms with Gasteiger partial charge in [0.05, 0.1) is 7.11 Å². The summed E-state index contributed by atoms with van der Waals surface area (Å²) in [6.07, 6.45) is 0. The number of benzene rings is 1. The number of ketones is 1. The normalized spacial score (nSPS) is 11.6. The Kier molecular flexibility index (Phi) is 6.10. The number of ether oxygens (including phenoxy) is 1. The van der Waals surface area contributed by atoms with Crippen LogP contribution in [0.25, 0.3) is 10.6 Å². The number of nitrogens with one attached hydrogen (secondary N) is 1. The maximum Gasteiger partial charge on any atom is 0.329 e. The quantitative estimate of drug-likeness (QED) is 0.466. The Morgan fingerprint density at radius 1 is 1.29 bits per heavy atom. The summed E-state index contributed by atoms with van der Waals surface area (Å²) in [6.45, 7) is 1.50. The zero-order valence-electron chi connectivity index (χ0n) is 13.1. The van der Waals surface area contributed by atoms with Gasteiger partial charge in [0.2, 0.25) is 0 Å². The number of hydrogen-bond acceptors (Lipinski definition) is 7. The lowest BCUT2D eigenvalue weighted by molar-refractivity contribution is -0.142. The number of aromatic nitrogens is 1. The maximum absolute atomic E-state index is 12.2. The molecule has 1 aromatic heterocycles. The molecule has 8 heteroatoms. The largest absolute Gasteiger partial charge is 0.467 e. The zero-order valence-corrected chi connectivity index (χ0v) is 14.8. The molecule has 2 rings (SSSR count). The molecule has 0 bridgehead atoms. The summed E-state index contributed by atoms with van der Waals surface area (Å²) in [5.41, 5.74) is 1.63. The van der Waals surface area contributed by atoms with Gasteiger partial charge in [0, 0.05) is 22.3 Å². The molecule has 2 aromatic rings. The number of carbonyl (C=O) groups excluding carboxylic acids is 3. The third-order valence-electron chi connectivity index (χ3n) is 3.25. The van der Waals surface area contributed by atoms with Crippen molar-refractivity contribution >= 4 is 41.6 Å². The number of rotatable bonds is 6. The van der Waals surface area contributed by atoms with Gasteiger partial charge in [0.1, 0.15) is 16.7 Å². The Bertz CT molecular complexity index is 756. The molecule has 0 fully saturated rings. The molecular formula is C16H16N2O4S2.